The van der Waals surface area contributed by atoms with Crippen molar-refractivity contribution in [2.75, 3.05) is 18.5 Å². The maximum Gasteiger partial charge on any atom is 0.306 e. The normalized spacial score (nSPS) is 12.2. The number of anilines is 1. The van der Waals surface area contributed by atoms with E-state index < -0.39 is 30.1 Å². The predicted molar refractivity (Wildman–Crippen MR) is 57.9 cm³/mol. The van der Waals surface area contributed by atoms with Gasteiger partial charge in [0.25, 0.3) is 0 Å². The van der Waals surface area contributed by atoms with E-state index in [-0.39, 0.29) is 12.2 Å². The van der Waals surface area contributed by atoms with Crippen LogP contribution < -0.4 is 4.90 Å². The molecule has 1 aromatic rings. The van der Waals surface area contributed by atoms with Gasteiger partial charge in [0.2, 0.25) is 0 Å². The molecule has 0 aliphatic rings. The molecule has 0 bridgehead atoms. The number of carboxylic acids is 1. The number of benzene rings is 1. The Morgan fingerprint density at radius 2 is 2.12 bits per heavy atom. The van der Waals surface area contributed by atoms with E-state index in [1.165, 1.54) is 11.9 Å². The summed E-state index contributed by atoms with van der Waals surface area (Å²) >= 11 is 0. The second kappa shape index (κ2) is 5.58. The molecule has 0 radical (unpaired) electrons. The first kappa shape index (κ1) is 13.4. The molecule has 0 amide bonds. The van der Waals surface area contributed by atoms with Crippen LogP contribution in [0.2, 0.25) is 0 Å². The minimum absolute atomic E-state index is 0.0190. The lowest BCUT2D eigenvalue weighted by atomic mass is 10.2. The van der Waals surface area contributed by atoms with Crippen molar-refractivity contribution in [3.05, 3.63) is 29.8 Å². The van der Waals surface area contributed by atoms with Crippen LogP contribution in [0.1, 0.15) is 6.42 Å². The first-order valence-electron chi connectivity index (χ1n) is 4.96. The van der Waals surface area contributed by atoms with Gasteiger partial charge in [-0.1, -0.05) is 0 Å². The lowest BCUT2D eigenvalue weighted by Crippen LogP contribution is -2.31. The summed E-state index contributed by atoms with van der Waals surface area (Å²) in [5.41, 5.74) is -0.0190. The van der Waals surface area contributed by atoms with Crippen molar-refractivity contribution in [2.24, 2.45) is 0 Å². The minimum Gasteiger partial charge on any atom is -0.481 e. The summed E-state index contributed by atoms with van der Waals surface area (Å²) in [6.07, 6.45) is -1.58. The molecule has 1 aromatic carbocycles. The number of aliphatic carboxylic acids is 1. The quantitative estimate of drug-likeness (QED) is 0.819. The number of rotatable bonds is 5. The van der Waals surface area contributed by atoms with Gasteiger partial charge in [-0.25, -0.2) is 8.78 Å². The fourth-order valence-electron chi connectivity index (χ4n) is 1.46. The Morgan fingerprint density at radius 1 is 1.47 bits per heavy atom. The van der Waals surface area contributed by atoms with Gasteiger partial charge in [-0.15, -0.1) is 0 Å². The van der Waals surface area contributed by atoms with Gasteiger partial charge < -0.3 is 15.1 Å². The molecule has 94 valence electrons. The van der Waals surface area contributed by atoms with Gasteiger partial charge in [-0.3, -0.25) is 4.79 Å². The fraction of sp³-hybridized carbons (Fsp3) is 0.364. The molecule has 17 heavy (non-hydrogen) atoms. The van der Waals surface area contributed by atoms with E-state index in [4.69, 9.17) is 5.11 Å². The molecule has 4 nitrogen and oxygen atoms in total. The van der Waals surface area contributed by atoms with E-state index in [2.05, 4.69) is 0 Å². The number of aliphatic hydroxyl groups is 1. The lowest BCUT2D eigenvalue weighted by molar-refractivity contribution is -0.139. The topological polar surface area (TPSA) is 60.8 Å². The second-order valence-corrected chi connectivity index (χ2v) is 3.73. The number of likely N-dealkylation sites (N-methyl/N-ethyl adjacent to an activating group) is 1. The van der Waals surface area contributed by atoms with E-state index in [9.17, 15) is 18.7 Å². The van der Waals surface area contributed by atoms with Gasteiger partial charge >= 0.3 is 5.97 Å². The van der Waals surface area contributed by atoms with Crippen LogP contribution in [0.15, 0.2) is 18.2 Å². The highest BCUT2D eigenvalue weighted by molar-refractivity contribution is 5.67. The Hall–Kier alpha value is -1.69. The molecule has 0 aliphatic heterocycles. The van der Waals surface area contributed by atoms with Gasteiger partial charge in [0.15, 0.2) is 0 Å². The maximum absolute atomic E-state index is 13.3. The summed E-state index contributed by atoms with van der Waals surface area (Å²) in [6.45, 7) is -0.0906. The first-order valence-corrected chi connectivity index (χ1v) is 4.96. The first-order chi connectivity index (χ1) is 7.90. The van der Waals surface area contributed by atoms with Crippen molar-refractivity contribution in [1.29, 1.82) is 0 Å². The van der Waals surface area contributed by atoms with Crippen molar-refractivity contribution in [2.45, 2.75) is 12.5 Å². The summed E-state index contributed by atoms with van der Waals surface area (Å²) in [4.78, 5) is 11.6. The van der Waals surface area contributed by atoms with Crippen molar-refractivity contribution >= 4 is 11.7 Å². The average molecular weight is 245 g/mol. The second-order valence-electron chi connectivity index (χ2n) is 3.73. The molecule has 0 spiro atoms. The van der Waals surface area contributed by atoms with Gasteiger partial charge in [0.1, 0.15) is 11.6 Å². The molecule has 0 fully saturated rings. The SMILES string of the molecule is CN(CC(O)CC(=O)O)c1cc(F)ccc1F. The van der Waals surface area contributed by atoms with E-state index in [1.807, 2.05) is 0 Å². The van der Waals surface area contributed by atoms with Gasteiger partial charge in [-0.2, -0.15) is 0 Å². The zero-order chi connectivity index (χ0) is 13.0. The van der Waals surface area contributed by atoms with Crippen LogP contribution in [0.25, 0.3) is 0 Å². The van der Waals surface area contributed by atoms with Crippen molar-refractivity contribution < 1.29 is 23.8 Å². The largest absolute Gasteiger partial charge is 0.481 e. The summed E-state index contributed by atoms with van der Waals surface area (Å²) in [5.74, 6) is -2.37. The highest BCUT2D eigenvalue weighted by atomic mass is 19.1. The molecule has 0 saturated heterocycles. The molecular weight excluding hydrogens is 232 g/mol. The van der Waals surface area contributed by atoms with Crippen LogP contribution in [-0.2, 0) is 4.79 Å². The van der Waals surface area contributed by atoms with Gasteiger partial charge in [0, 0.05) is 19.7 Å². The molecule has 1 rings (SSSR count). The molecule has 1 unspecified atom stereocenters. The summed E-state index contributed by atoms with van der Waals surface area (Å²) in [6, 6.07) is 2.95. The predicted octanol–water partition coefficient (Wildman–Crippen LogP) is 1.24. The number of hydrogen-bond donors (Lipinski definition) is 2. The van der Waals surface area contributed by atoms with Crippen molar-refractivity contribution in [3.63, 3.8) is 0 Å². The summed E-state index contributed by atoms with van der Waals surface area (Å²) in [7, 11) is 1.45. The highest BCUT2D eigenvalue weighted by Crippen LogP contribution is 2.19. The summed E-state index contributed by atoms with van der Waals surface area (Å²) in [5, 5.41) is 17.8. The minimum atomic E-state index is -1.15. The van der Waals surface area contributed by atoms with E-state index in [0.717, 1.165) is 18.2 Å². The Morgan fingerprint density at radius 3 is 2.71 bits per heavy atom. The third kappa shape index (κ3) is 3.99. The molecule has 2 N–H and O–H groups in total. The molecule has 6 heteroatoms. The molecular formula is C11H13F2NO3. The monoisotopic (exact) mass is 245 g/mol. The van der Waals surface area contributed by atoms with Crippen LogP contribution in [-0.4, -0.2) is 35.9 Å². The fourth-order valence-corrected chi connectivity index (χ4v) is 1.46. The van der Waals surface area contributed by atoms with Crippen LogP contribution in [0, 0.1) is 11.6 Å². The van der Waals surface area contributed by atoms with E-state index in [1.54, 1.807) is 0 Å². The Kier molecular flexibility index (Phi) is 4.39. The summed E-state index contributed by atoms with van der Waals surface area (Å²) < 4.78 is 26.2. The Bertz CT molecular complexity index is 412. The van der Waals surface area contributed by atoms with E-state index >= 15 is 0 Å². The van der Waals surface area contributed by atoms with Gasteiger partial charge in [-0.05, 0) is 12.1 Å². The van der Waals surface area contributed by atoms with Crippen LogP contribution in [0.4, 0.5) is 14.5 Å². The number of nitrogens with zero attached hydrogens (tertiary/aromatic N) is 1. The number of carboxylic acid groups (broad SMARTS) is 1. The standard InChI is InChI=1S/C11H13F2NO3/c1-14(6-8(15)5-11(16)17)10-4-7(12)2-3-9(10)13/h2-4,8,15H,5-6H2,1H3,(H,16,17). The smallest absolute Gasteiger partial charge is 0.306 e. The lowest BCUT2D eigenvalue weighted by Gasteiger charge is -2.22. The Balaban J connectivity index is 2.72. The van der Waals surface area contributed by atoms with Crippen LogP contribution >= 0.6 is 0 Å². The van der Waals surface area contributed by atoms with Gasteiger partial charge in [0.05, 0.1) is 18.2 Å². The maximum atomic E-state index is 13.3. The molecule has 0 heterocycles. The van der Waals surface area contributed by atoms with Crippen LogP contribution in [0.5, 0.6) is 0 Å². The number of halogens is 2. The average Bonchev–Trinajstić information content (AvgIpc) is 2.20. The molecule has 0 aliphatic carbocycles. The van der Waals surface area contributed by atoms with Crippen molar-refractivity contribution in [1.82, 2.24) is 0 Å². The Labute approximate surface area is 97.1 Å². The molecule has 0 aromatic heterocycles. The van der Waals surface area contributed by atoms with E-state index in [0.29, 0.717) is 0 Å². The number of carbonyl (C=O) groups is 1. The molecule has 0 saturated carbocycles. The van der Waals surface area contributed by atoms with Crippen molar-refractivity contribution in [3.8, 4) is 0 Å². The highest BCUT2D eigenvalue weighted by Gasteiger charge is 2.15. The third-order valence-electron chi connectivity index (χ3n) is 2.21. The number of hydrogen-bond acceptors (Lipinski definition) is 3. The molecule has 1 atom stereocenters. The zero-order valence-electron chi connectivity index (χ0n) is 9.23. The van der Waals surface area contributed by atoms with Crippen LogP contribution in [0.3, 0.4) is 0 Å². The zero-order valence-corrected chi connectivity index (χ0v) is 9.23. The number of aliphatic hydroxyl groups excluding tert-OH is 1. The third-order valence-corrected chi connectivity index (χ3v) is 2.21.